The van der Waals surface area contributed by atoms with Crippen LogP contribution in [0.2, 0.25) is 0 Å². The Bertz CT molecular complexity index is 602. The largest absolute Gasteiger partial charge is 0.493 e. The first-order valence-electron chi connectivity index (χ1n) is 7.63. The van der Waals surface area contributed by atoms with E-state index in [0.29, 0.717) is 0 Å². The fraction of sp³-hybridized carbons (Fsp3) is 0.389. The predicted molar refractivity (Wildman–Crippen MR) is 91.9 cm³/mol. The molecule has 5 heteroatoms. The van der Waals surface area contributed by atoms with E-state index in [2.05, 4.69) is 41.4 Å². The average Bonchev–Trinajstić information content (AvgIpc) is 2.58. The third-order valence-corrected chi connectivity index (χ3v) is 3.81. The molecule has 0 spiro atoms. The van der Waals surface area contributed by atoms with Gasteiger partial charge in [-0.3, -0.25) is 4.98 Å². The highest BCUT2D eigenvalue weighted by atomic mass is 16.5. The number of hydrogen-bond acceptors (Lipinski definition) is 5. The lowest BCUT2D eigenvalue weighted by Gasteiger charge is -2.26. The first-order valence-corrected chi connectivity index (χ1v) is 7.63. The summed E-state index contributed by atoms with van der Waals surface area (Å²) in [4.78, 5) is 6.33. The molecule has 0 aliphatic heterocycles. The molecule has 0 unspecified atom stereocenters. The molecule has 2 aromatic rings. The normalized spacial score (nSPS) is 12.2. The van der Waals surface area contributed by atoms with Crippen LogP contribution in [0.15, 0.2) is 42.7 Å². The molecule has 0 amide bonds. The Labute approximate surface area is 138 Å². The molecule has 1 N–H and O–H groups in total. The molecule has 2 rings (SSSR count). The Kier molecular flexibility index (Phi) is 6.38. The number of methoxy groups -OCH3 is 2. The van der Waals surface area contributed by atoms with Crippen molar-refractivity contribution in [2.75, 3.05) is 34.9 Å². The zero-order chi connectivity index (χ0) is 16.7. The number of nitrogens with zero attached hydrogens (tertiary/aromatic N) is 2. The average molecular weight is 315 g/mol. The summed E-state index contributed by atoms with van der Waals surface area (Å²) in [6.07, 6.45) is 3.67. The zero-order valence-corrected chi connectivity index (χ0v) is 14.2. The van der Waals surface area contributed by atoms with Crippen LogP contribution in [-0.4, -0.2) is 44.7 Å². The van der Waals surface area contributed by atoms with Crippen LogP contribution in [0.25, 0.3) is 0 Å². The van der Waals surface area contributed by atoms with E-state index < -0.39 is 0 Å². The Balaban J connectivity index is 2.06. The maximum Gasteiger partial charge on any atom is 0.161 e. The molecule has 0 aliphatic carbocycles. The van der Waals surface area contributed by atoms with Crippen LogP contribution in [0.5, 0.6) is 11.5 Å². The summed E-state index contributed by atoms with van der Waals surface area (Å²) in [6.45, 7) is 1.63. The van der Waals surface area contributed by atoms with Crippen molar-refractivity contribution in [2.45, 2.75) is 12.6 Å². The van der Waals surface area contributed by atoms with Crippen molar-refractivity contribution in [3.63, 3.8) is 0 Å². The monoisotopic (exact) mass is 315 g/mol. The van der Waals surface area contributed by atoms with Crippen LogP contribution in [0, 0.1) is 0 Å². The standard InChI is InChI=1S/C18H25N3O2/c1-21(2)16(13-20-12-14-6-5-9-19-11-14)15-7-8-17(22-3)18(10-15)23-4/h5-11,16,20H,12-13H2,1-4H3/t16-/m0/s1. The second-order valence-corrected chi connectivity index (χ2v) is 5.59. The van der Waals surface area contributed by atoms with Crippen LogP contribution in [0.1, 0.15) is 17.2 Å². The van der Waals surface area contributed by atoms with Crippen molar-refractivity contribution in [1.82, 2.24) is 15.2 Å². The molecule has 0 saturated carbocycles. The van der Waals surface area contributed by atoms with Gasteiger partial charge in [-0.25, -0.2) is 0 Å². The molecular weight excluding hydrogens is 290 g/mol. The van der Waals surface area contributed by atoms with E-state index in [9.17, 15) is 0 Å². The van der Waals surface area contributed by atoms with Gasteiger partial charge in [0.05, 0.1) is 14.2 Å². The van der Waals surface area contributed by atoms with Crippen LogP contribution < -0.4 is 14.8 Å². The van der Waals surface area contributed by atoms with Gasteiger partial charge in [0.25, 0.3) is 0 Å². The summed E-state index contributed by atoms with van der Waals surface area (Å²) in [7, 11) is 7.46. The van der Waals surface area contributed by atoms with Crippen LogP contribution >= 0.6 is 0 Å². The molecule has 1 heterocycles. The number of pyridine rings is 1. The van der Waals surface area contributed by atoms with E-state index in [-0.39, 0.29) is 6.04 Å². The number of likely N-dealkylation sites (N-methyl/N-ethyl adjacent to an activating group) is 1. The van der Waals surface area contributed by atoms with E-state index in [0.717, 1.165) is 24.6 Å². The van der Waals surface area contributed by atoms with Gasteiger partial charge in [-0.15, -0.1) is 0 Å². The van der Waals surface area contributed by atoms with Gasteiger partial charge in [-0.2, -0.15) is 0 Å². The minimum Gasteiger partial charge on any atom is -0.493 e. The fourth-order valence-corrected chi connectivity index (χ4v) is 2.51. The SMILES string of the molecule is COc1ccc([C@H](CNCc2cccnc2)N(C)C)cc1OC. The maximum atomic E-state index is 5.41. The molecule has 124 valence electrons. The number of benzene rings is 1. The highest BCUT2D eigenvalue weighted by Gasteiger charge is 2.16. The fourth-order valence-electron chi connectivity index (χ4n) is 2.51. The lowest BCUT2D eigenvalue weighted by molar-refractivity contribution is 0.286. The summed E-state index contributed by atoms with van der Waals surface area (Å²) in [5.41, 5.74) is 2.36. The Morgan fingerprint density at radius 2 is 1.91 bits per heavy atom. The summed E-state index contributed by atoms with van der Waals surface area (Å²) in [5, 5.41) is 3.49. The molecule has 0 bridgehead atoms. The zero-order valence-electron chi connectivity index (χ0n) is 14.2. The van der Waals surface area contributed by atoms with Gasteiger partial charge >= 0.3 is 0 Å². The van der Waals surface area contributed by atoms with Gasteiger partial charge in [0, 0.05) is 31.5 Å². The first kappa shape index (κ1) is 17.2. The minimum atomic E-state index is 0.242. The molecule has 1 aromatic carbocycles. The van der Waals surface area contributed by atoms with Gasteiger partial charge in [0.15, 0.2) is 11.5 Å². The molecule has 0 fully saturated rings. The van der Waals surface area contributed by atoms with Crippen molar-refractivity contribution in [1.29, 1.82) is 0 Å². The molecule has 1 atom stereocenters. The topological polar surface area (TPSA) is 46.6 Å². The molecule has 23 heavy (non-hydrogen) atoms. The number of hydrogen-bond donors (Lipinski definition) is 1. The molecule has 1 aromatic heterocycles. The van der Waals surface area contributed by atoms with E-state index in [1.165, 1.54) is 11.1 Å². The van der Waals surface area contributed by atoms with E-state index >= 15 is 0 Å². The van der Waals surface area contributed by atoms with Gasteiger partial charge in [0.2, 0.25) is 0 Å². The van der Waals surface area contributed by atoms with Crippen LogP contribution in [0.4, 0.5) is 0 Å². The van der Waals surface area contributed by atoms with Gasteiger partial charge in [-0.05, 0) is 43.4 Å². The van der Waals surface area contributed by atoms with Crippen molar-refractivity contribution < 1.29 is 9.47 Å². The second-order valence-electron chi connectivity index (χ2n) is 5.59. The lowest BCUT2D eigenvalue weighted by Crippen LogP contribution is -2.30. The van der Waals surface area contributed by atoms with E-state index in [1.807, 2.05) is 24.4 Å². The van der Waals surface area contributed by atoms with Crippen molar-refractivity contribution in [3.05, 3.63) is 53.9 Å². The molecule has 0 radical (unpaired) electrons. The highest BCUT2D eigenvalue weighted by Crippen LogP contribution is 2.31. The summed E-state index contributed by atoms with van der Waals surface area (Å²) < 4.78 is 10.7. The maximum absolute atomic E-state index is 5.41. The number of nitrogens with one attached hydrogen (secondary N) is 1. The van der Waals surface area contributed by atoms with E-state index in [1.54, 1.807) is 20.4 Å². The molecule has 0 saturated heterocycles. The summed E-state index contributed by atoms with van der Waals surface area (Å²) in [6, 6.07) is 10.3. The van der Waals surface area contributed by atoms with Crippen molar-refractivity contribution in [3.8, 4) is 11.5 Å². The number of ether oxygens (including phenoxy) is 2. The van der Waals surface area contributed by atoms with Gasteiger partial charge in [0.1, 0.15) is 0 Å². The minimum absolute atomic E-state index is 0.242. The predicted octanol–water partition coefficient (Wildman–Crippen LogP) is 2.49. The molecule has 5 nitrogen and oxygen atoms in total. The third-order valence-electron chi connectivity index (χ3n) is 3.81. The van der Waals surface area contributed by atoms with Gasteiger partial charge in [-0.1, -0.05) is 12.1 Å². The number of rotatable bonds is 8. The number of aromatic nitrogens is 1. The van der Waals surface area contributed by atoms with Crippen LogP contribution in [0.3, 0.4) is 0 Å². The summed E-state index contributed by atoms with van der Waals surface area (Å²) >= 11 is 0. The van der Waals surface area contributed by atoms with Crippen LogP contribution in [-0.2, 0) is 6.54 Å². The Morgan fingerprint density at radius 3 is 2.52 bits per heavy atom. The third kappa shape index (κ3) is 4.68. The smallest absolute Gasteiger partial charge is 0.161 e. The second kappa shape index (κ2) is 8.50. The first-order chi connectivity index (χ1) is 11.2. The molecule has 0 aliphatic rings. The van der Waals surface area contributed by atoms with Crippen molar-refractivity contribution in [2.24, 2.45) is 0 Å². The quantitative estimate of drug-likeness (QED) is 0.811. The summed E-state index contributed by atoms with van der Waals surface area (Å²) in [5.74, 6) is 1.50. The Morgan fingerprint density at radius 1 is 1.13 bits per heavy atom. The highest BCUT2D eigenvalue weighted by molar-refractivity contribution is 5.43. The molecular formula is C18H25N3O2. The van der Waals surface area contributed by atoms with E-state index in [4.69, 9.17) is 9.47 Å². The Hall–Kier alpha value is -2.11. The van der Waals surface area contributed by atoms with Crippen molar-refractivity contribution >= 4 is 0 Å². The lowest BCUT2D eigenvalue weighted by atomic mass is 10.0. The van der Waals surface area contributed by atoms with Gasteiger partial charge < -0.3 is 19.7 Å².